The Morgan fingerprint density at radius 2 is 2.35 bits per heavy atom. The van der Waals surface area contributed by atoms with Crippen molar-refractivity contribution in [2.45, 2.75) is 19.9 Å². The van der Waals surface area contributed by atoms with E-state index in [0.29, 0.717) is 0 Å². The normalized spacial score (nSPS) is 13.5. The predicted octanol–water partition coefficient (Wildman–Crippen LogP) is 2.09. The van der Waals surface area contributed by atoms with Gasteiger partial charge in [-0.25, -0.2) is 4.98 Å². The molecular weight excluding hydrogens is 214 g/mol. The van der Waals surface area contributed by atoms with Crippen molar-refractivity contribution in [3.8, 4) is 17.0 Å². The Morgan fingerprint density at radius 3 is 3.12 bits per heavy atom. The average Bonchev–Trinajstić information content (AvgIpc) is 2.94. The molecule has 2 N–H and O–H groups in total. The third-order valence-corrected chi connectivity index (χ3v) is 3.18. The van der Waals surface area contributed by atoms with Gasteiger partial charge in [-0.05, 0) is 30.7 Å². The molecule has 0 radical (unpaired) electrons. The SMILES string of the molecule is CCn1cnc(-c2ccc3c(c2)CCO3)c1N. The number of nitrogens with two attached hydrogens (primary N) is 1. The molecule has 0 spiro atoms. The smallest absolute Gasteiger partial charge is 0.131 e. The number of fused-ring (bicyclic) bond motifs is 1. The van der Waals surface area contributed by atoms with E-state index in [9.17, 15) is 0 Å². The van der Waals surface area contributed by atoms with Gasteiger partial charge in [-0.3, -0.25) is 0 Å². The van der Waals surface area contributed by atoms with Crippen LogP contribution in [0.1, 0.15) is 12.5 Å². The van der Waals surface area contributed by atoms with E-state index in [1.54, 1.807) is 6.33 Å². The van der Waals surface area contributed by atoms with Gasteiger partial charge in [-0.1, -0.05) is 0 Å². The van der Waals surface area contributed by atoms with Crippen molar-refractivity contribution >= 4 is 5.82 Å². The minimum absolute atomic E-state index is 0.728. The van der Waals surface area contributed by atoms with Crippen LogP contribution in [0.3, 0.4) is 0 Å². The first kappa shape index (κ1) is 10.2. The van der Waals surface area contributed by atoms with E-state index in [2.05, 4.69) is 18.0 Å². The number of hydrogen-bond acceptors (Lipinski definition) is 3. The molecule has 0 saturated carbocycles. The highest BCUT2D eigenvalue weighted by Gasteiger charge is 2.15. The molecule has 0 saturated heterocycles. The second kappa shape index (κ2) is 3.80. The number of rotatable bonds is 2. The summed E-state index contributed by atoms with van der Waals surface area (Å²) in [6.45, 7) is 3.67. The van der Waals surface area contributed by atoms with E-state index in [4.69, 9.17) is 10.5 Å². The number of aryl methyl sites for hydroxylation is 1. The minimum atomic E-state index is 0.728. The van der Waals surface area contributed by atoms with Crippen LogP contribution in [0.4, 0.5) is 5.82 Å². The van der Waals surface area contributed by atoms with Crippen LogP contribution in [-0.4, -0.2) is 16.2 Å². The number of imidazole rings is 1. The van der Waals surface area contributed by atoms with Gasteiger partial charge in [0.1, 0.15) is 17.3 Å². The van der Waals surface area contributed by atoms with Crippen LogP contribution in [-0.2, 0) is 13.0 Å². The summed E-state index contributed by atoms with van der Waals surface area (Å²) >= 11 is 0. The van der Waals surface area contributed by atoms with Gasteiger partial charge >= 0.3 is 0 Å². The van der Waals surface area contributed by atoms with Gasteiger partial charge in [0, 0.05) is 18.5 Å². The van der Waals surface area contributed by atoms with Crippen LogP contribution in [0.25, 0.3) is 11.3 Å². The Balaban J connectivity index is 2.06. The summed E-state index contributed by atoms with van der Waals surface area (Å²) in [5, 5.41) is 0. The molecule has 1 aromatic carbocycles. The van der Waals surface area contributed by atoms with E-state index in [0.717, 1.165) is 42.4 Å². The summed E-state index contributed by atoms with van der Waals surface area (Å²) in [5.74, 6) is 1.72. The number of hydrogen-bond donors (Lipinski definition) is 1. The van der Waals surface area contributed by atoms with E-state index < -0.39 is 0 Å². The zero-order valence-electron chi connectivity index (χ0n) is 9.81. The van der Waals surface area contributed by atoms with Crippen molar-refractivity contribution in [3.05, 3.63) is 30.1 Å². The van der Waals surface area contributed by atoms with Crippen LogP contribution in [0.2, 0.25) is 0 Å². The van der Waals surface area contributed by atoms with Gasteiger partial charge in [0.15, 0.2) is 0 Å². The summed E-state index contributed by atoms with van der Waals surface area (Å²) in [5.41, 5.74) is 9.23. The number of nitrogen functional groups attached to an aromatic ring is 1. The largest absolute Gasteiger partial charge is 0.493 e. The van der Waals surface area contributed by atoms with Gasteiger partial charge < -0.3 is 15.0 Å². The second-order valence-electron chi connectivity index (χ2n) is 4.19. The molecule has 17 heavy (non-hydrogen) atoms. The van der Waals surface area contributed by atoms with E-state index >= 15 is 0 Å². The Labute approximate surface area is 100 Å². The molecule has 1 aliphatic heterocycles. The highest BCUT2D eigenvalue weighted by atomic mass is 16.5. The van der Waals surface area contributed by atoms with Crippen LogP contribution in [0.15, 0.2) is 24.5 Å². The highest BCUT2D eigenvalue weighted by Crippen LogP contribution is 2.31. The van der Waals surface area contributed by atoms with Gasteiger partial charge in [-0.15, -0.1) is 0 Å². The quantitative estimate of drug-likeness (QED) is 0.857. The first-order valence-corrected chi connectivity index (χ1v) is 5.86. The van der Waals surface area contributed by atoms with E-state index in [1.165, 1.54) is 5.56 Å². The van der Waals surface area contributed by atoms with Gasteiger partial charge in [-0.2, -0.15) is 0 Å². The molecule has 0 bridgehead atoms. The first-order valence-electron chi connectivity index (χ1n) is 5.86. The third kappa shape index (κ3) is 1.56. The minimum Gasteiger partial charge on any atom is -0.493 e. The van der Waals surface area contributed by atoms with Crippen molar-refractivity contribution in [2.75, 3.05) is 12.3 Å². The topological polar surface area (TPSA) is 53.1 Å². The lowest BCUT2D eigenvalue weighted by Crippen LogP contribution is -1.99. The average molecular weight is 229 g/mol. The maximum absolute atomic E-state index is 6.06. The molecule has 88 valence electrons. The number of ether oxygens (including phenoxy) is 1. The maximum atomic E-state index is 6.06. The van der Waals surface area contributed by atoms with Crippen molar-refractivity contribution in [2.24, 2.45) is 0 Å². The zero-order chi connectivity index (χ0) is 11.8. The van der Waals surface area contributed by atoms with Gasteiger partial charge in [0.25, 0.3) is 0 Å². The molecule has 2 aromatic rings. The summed E-state index contributed by atoms with van der Waals surface area (Å²) < 4.78 is 7.43. The van der Waals surface area contributed by atoms with Crippen molar-refractivity contribution in [1.29, 1.82) is 0 Å². The van der Waals surface area contributed by atoms with Crippen molar-refractivity contribution in [1.82, 2.24) is 9.55 Å². The van der Waals surface area contributed by atoms with Crippen molar-refractivity contribution < 1.29 is 4.74 Å². The lowest BCUT2D eigenvalue weighted by Gasteiger charge is -2.04. The number of anilines is 1. The monoisotopic (exact) mass is 229 g/mol. The summed E-state index contributed by atoms with van der Waals surface area (Å²) in [7, 11) is 0. The van der Waals surface area contributed by atoms with Crippen LogP contribution in [0, 0.1) is 0 Å². The predicted molar refractivity (Wildman–Crippen MR) is 66.9 cm³/mol. The molecule has 0 aliphatic carbocycles. The Morgan fingerprint density at radius 1 is 1.47 bits per heavy atom. The number of nitrogens with zero attached hydrogens (tertiary/aromatic N) is 2. The molecule has 4 heteroatoms. The summed E-state index contributed by atoms with van der Waals surface area (Å²) in [4.78, 5) is 4.38. The Bertz CT molecular complexity index is 560. The number of benzene rings is 1. The molecule has 0 atom stereocenters. The third-order valence-electron chi connectivity index (χ3n) is 3.18. The van der Waals surface area contributed by atoms with Gasteiger partial charge in [0.2, 0.25) is 0 Å². The highest BCUT2D eigenvalue weighted by molar-refractivity contribution is 5.72. The fourth-order valence-corrected chi connectivity index (χ4v) is 2.20. The van der Waals surface area contributed by atoms with E-state index in [1.807, 2.05) is 16.7 Å². The van der Waals surface area contributed by atoms with Crippen LogP contribution >= 0.6 is 0 Å². The molecule has 2 heterocycles. The zero-order valence-corrected chi connectivity index (χ0v) is 9.81. The first-order chi connectivity index (χ1) is 8.29. The molecule has 0 amide bonds. The lowest BCUT2D eigenvalue weighted by atomic mass is 10.1. The number of aromatic nitrogens is 2. The maximum Gasteiger partial charge on any atom is 0.131 e. The van der Waals surface area contributed by atoms with Crippen LogP contribution < -0.4 is 10.5 Å². The summed E-state index contributed by atoms with van der Waals surface area (Å²) in [6.07, 6.45) is 2.76. The molecular formula is C13H15N3O. The van der Waals surface area contributed by atoms with Crippen molar-refractivity contribution in [3.63, 3.8) is 0 Å². The molecule has 1 aromatic heterocycles. The lowest BCUT2D eigenvalue weighted by molar-refractivity contribution is 0.357. The molecule has 0 fully saturated rings. The standard InChI is InChI=1S/C13H15N3O/c1-2-16-8-15-12(13(16)14)10-3-4-11-9(7-10)5-6-17-11/h3-4,7-8H,2,5-6,14H2,1H3. The Hall–Kier alpha value is -1.97. The second-order valence-corrected chi connectivity index (χ2v) is 4.19. The molecule has 0 unspecified atom stereocenters. The fourth-order valence-electron chi connectivity index (χ4n) is 2.20. The van der Waals surface area contributed by atoms with Crippen LogP contribution in [0.5, 0.6) is 5.75 Å². The fraction of sp³-hybridized carbons (Fsp3) is 0.308. The van der Waals surface area contributed by atoms with E-state index in [-0.39, 0.29) is 0 Å². The summed E-state index contributed by atoms with van der Waals surface area (Å²) in [6, 6.07) is 6.14. The molecule has 3 rings (SSSR count). The molecule has 1 aliphatic rings. The molecule has 4 nitrogen and oxygen atoms in total. The Kier molecular flexibility index (Phi) is 2.28. The van der Waals surface area contributed by atoms with Gasteiger partial charge in [0.05, 0.1) is 12.9 Å².